The van der Waals surface area contributed by atoms with Crippen molar-refractivity contribution in [3.05, 3.63) is 30.3 Å². The van der Waals surface area contributed by atoms with Gasteiger partial charge in [-0.05, 0) is 44.5 Å². The lowest BCUT2D eigenvalue weighted by molar-refractivity contribution is -0.137. The van der Waals surface area contributed by atoms with Crippen LogP contribution in [0.5, 0.6) is 0 Å². The van der Waals surface area contributed by atoms with Gasteiger partial charge in [-0.3, -0.25) is 4.79 Å². The van der Waals surface area contributed by atoms with Gasteiger partial charge in [-0.15, -0.1) is 0 Å². The van der Waals surface area contributed by atoms with Crippen LogP contribution in [0, 0.1) is 0 Å². The van der Waals surface area contributed by atoms with Gasteiger partial charge >= 0.3 is 5.97 Å². The van der Waals surface area contributed by atoms with Crippen molar-refractivity contribution in [2.45, 2.75) is 31.7 Å². The predicted octanol–water partition coefficient (Wildman–Crippen LogP) is 2.43. The Morgan fingerprint density at radius 1 is 1.37 bits per heavy atom. The van der Waals surface area contributed by atoms with Gasteiger partial charge < -0.3 is 15.3 Å². The molecule has 0 saturated carbocycles. The Balaban J connectivity index is 1.75. The van der Waals surface area contributed by atoms with Crippen molar-refractivity contribution in [3.63, 3.8) is 0 Å². The molecule has 0 aromatic heterocycles. The zero-order valence-corrected chi connectivity index (χ0v) is 11.2. The molecule has 1 fully saturated rings. The lowest BCUT2D eigenvalue weighted by Crippen LogP contribution is -2.42. The van der Waals surface area contributed by atoms with Crippen LogP contribution in [0.3, 0.4) is 0 Å². The van der Waals surface area contributed by atoms with Gasteiger partial charge in [0.25, 0.3) is 0 Å². The van der Waals surface area contributed by atoms with Crippen molar-refractivity contribution in [2.24, 2.45) is 0 Å². The van der Waals surface area contributed by atoms with E-state index in [1.165, 1.54) is 18.5 Å². The molecule has 1 aliphatic heterocycles. The summed E-state index contributed by atoms with van der Waals surface area (Å²) in [6.07, 6.45) is 3.38. The van der Waals surface area contributed by atoms with E-state index in [1.54, 1.807) is 0 Å². The van der Waals surface area contributed by atoms with E-state index in [1.807, 2.05) is 18.2 Å². The predicted molar refractivity (Wildman–Crippen MR) is 76.4 cm³/mol. The minimum Gasteiger partial charge on any atom is -0.481 e. The van der Waals surface area contributed by atoms with Gasteiger partial charge in [0.05, 0.1) is 0 Å². The minimum absolute atomic E-state index is 0.271. The van der Waals surface area contributed by atoms with Gasteiger partial charge in [-0.25, -0.2) is 0 Å². The molecule has 0 amide bonds. The van der Waals surface area contributed by atoms with Gasteiger partial charge in [0.2, 0.25) is 0 Å². The van der Waals surface area contributed by atoms with Crippen LogP contribution in [0.25, 0.3) is 0 Å². The molecule has 2 rings (SSSR count). The second-order valence-corrected chi connectivity index (χ2v) is 5.15. The van der Waals surface area contributed by atoms with Gasteiger partial charge in [-0.2, -0.15) is 0 Å². The summed E-state index contributed by atoms with van der Waals surface area (Å²) in [4.78, 5) is 12.9. The molecular formula is C15H22N2O2. The first-order valence-electron chi connectivity index (χ1n) is 7.00. The fourth-order valence-corrected chi connectivity index (χ4v) is 2.60. The van der Waals surface area contributed by atoms with Crippen molar-refractivity contribution in [1.29, 1.82) is 0 Å². The fourth-order valence-electron chi connectivity index (χ4n) is 2.60. The first kappa shape index (κ1) is 13.9. The van der Waals surface area contributed by atoms with E-state index in [0.29, 0.717) is 6.04 Å². The molecule has 0 aliphatic carbocycles. The van der Waals surface area contributed by atoms with Crippen LogP contribution >= 0.6 is 0 Å². The molecule has 2 N–H and O–H groups in total. The highest BCUT2D eigenvalue weighted by Crippen LogP contribution is 2.16. The molecule has 1 aromatic rings. The number of rotatable bonds is 6. The number of carbonyl (C=O) groups is 1. The van der Waals surface area contributed by atoms with Gasteiger partial charge in [-0.1, -0.05) is 18.2 Å². The largest absolute Gasteiger partial charge is 0.481 e. The average molecular weight is 262 g/mol. The number of piperidine rings is 1. The number of anilines is 1. The third kappa shape index (κ3) is 4.91. The van der Waals surface area contributed by atoms with Crippen molar-refractivity contribution in [3.8, 4) is 0 Å². The Hall–Kier alpha value is -1.55. The van der Waals surface area contributed by atoms with Gasteiger partial charge in [0, 0.05) is 24.7 Å². The van der Waals surface area contributed by atoms with E-state index >= 15 is 0 Å². The number of benzene rings is 1. The Bertz CT molecular complexity index is 394. The van der Waals surface area contributed by atoms with Crippen molar-refractivity contribution >= 4 is 11.7 Å². The van der Waals surface area contributed by atoms with Crippen LogP contribution in [0.4, 0.5) is 5.69 Å². The number of nitrogens with zero attached hydrogens (tertiary/aromatic N) is 1. The number of likely N-dealkylation sites (tertiary alicyclic amines) is 1. The Labute approximate surface area is 114 Å². The number of aliphatic carboxylic acids is 1. The summed E-state index contributed by atoms with van der Waals surface area (Å²) in [5, 5.41) is 12.2. The summed E-state index contributed by atoms with van der Waals surface area (Å²) in [5.41, 5.74) is 1.17. The fraction of sp³-hybridized carbons (Fsp3) is 0.533. The lowest BCUT2D eigenvalue weighted by Gasteiger charge is -2.33. The second kappa shape index (κ2) is 7.14. The van der Waals surface area contributed by atoms with Crippen molar-refractivity contribution in [1.82, 2.24) is 4.90 Å². The summed E-state index contributed by atoms with van der Waals surface area (Å²) >= 11 is 0. The van der Waals surface area contributed by atoms with Crippen LogP contribution in [0.1, 0.15) is 25.7 Å². The van der Waals surface area contributed by atoms with Crippen LogP contribution in [0.15, 0.2) is 30.3 Å². The third-order valence-corrected chi connectivity index (χ3v) is 3.52. The number of para-hydroxylation sites is 1. The molecule has 1 heterocycles. The molecule has 1 aromatic carbocycles. The average Bonchev–Trinajstić information content (AvgIpc) is 2.40. The molecule has 104 valence electrons. The molecule has 4 heteroatoms. The maximum atomic E-state index is 10.5. The Morgan fingerprint density at radius 3 is 2.89 bits per heavy atom. The van der Waals surface area contributed by atoms with E-state index in [2.05, 4.69) is 22.3 Å². The Morgan fingerprint density at radius 2 is 2.16 bits per heavy atom. The number of carboxylic acids is 1. The maximum absolute atomic E-state index is 10.5. The molecule has 19 heavy (non-hydrogen) atoms. The number of carboxylic acid groups (broad SMARTS) is 1. The summed E-state index contributed by atoms with van der Waals surface area (Å²) in [5.74, 6) is -0.698. The second-order valence-electron chi connectivity index (χ2n) is 5.15. The molecule has 0 spiro atoms. The Kier molecular flexibility index (Phi) is 5.21. The zero-order chi connectivity index (χ0) is 13.5. The SMILES string of the molecule is O=C(O)CCCN1CCCC(Nc2ccccc2)C1. The molecule has 4 nitrogen and oxygen atoms in total. The summed E-state index contributed by atoms with van der Waals surface area (Å²) in [6.45, 7) is 2.99. The quantitative estimate of drug-likeness (QED) is 0.826. The minimum atomic E-state index is -0.698. The number of nitrogens with one attached hydrogen (secondary N) is 1. The highest BCUT2D eigenvalue weighted by atomic mass is 16.4. The van der Waals surface area contributed by atoms with Crippen LogP contribution in [-0.4, -0.2) is 41.7 Å². The lowest BCUT2D eigenvalue weighted by atomic mass is 10.0. The van der Waals surface area contributed by atoms with Crippen molar-refractivity contribution in [2.75, 3.05) is 25.0 Å². The first-order valence-corrected chi connectivity index (χ1v) is 7.00. The van der Waals surface area contributed by atoms with E-state index in [4.69, 9.17) is 5.11 Å². The first-order chi connectivity index (χ1) is 9.24. The van der Waals surface area contributed by atoms with E-state index in [9.17, 15) is 4.79 Å². The molecule has 0 bridgehead atoms. The molecule has 0 radical (unpaired) electrons. The van der Waals surface area contributed by atoms with Gasteiger partial charge in [0.1, 0.15) is 0 Å². The molecule has 1 unspecified atom stereocenters. The van der Waals surface area contributed by atoms with Gasteiger partial charge in [0.15, 0.2) is 0 Å². The molecule has 1 atom stereocenters. The highest BCUT2D eigenvalue weighted by Gasteiger charge is 2.19. The zero-order valence-electron chi connectivity index (χ0n) is 11.2. The molecular weight excluding hydrogens is 240 g/mol. The van der Waals surface area contributed by atoms with E-state index in [-0.39, 0.29) is 6.42 Å². The molecule has 1 saturated heterocycles. The highest BCUT2D eigenvalue weighted by molar-refractivity contribution is 5.66. The van der Waals surface area contributed by atoms with Crippen molar-refractivity contribution < 1.29 is 9.90 Å². The summed E-state index contributed by atoms with van der Waals surface area (Å²) < 4.78 is 0. The monoisotopic (exact) mass is 262 g/mol. The third-order valence-electron chi connectivity index (χ3n) is 3.52. The van der Waals surface area contributed by atoms with Crippen LogP contribution in [-0.2, 0) is 4.79 Å². The van der Waals surface area contributed by atoms with Crippen LogP contribution in [0.2, 0.25) is 0 Å². The topological polar surface area (TPSA) is 52.6 Å². The summed E-state index contributed by atoms with van der Waals surface area (Å²) in [6, 6.07) is 10.7. The van der Waals surface area contributed by atoms with E-state index in [0.717, 1.165) is 26.1 Å². The van der Waals surface area contributed by atoms with E-state index < -0.39 is 5.97 Å². The summed E-state index contributed by atoms with van der Waals surface area (Å²) in [7, 11) is 0. The number of hydrogen-bond acceptors (Lipinski definition) is 3. The smallest absolute Gasteiger partial charge is 0.303 e. The number of hydrogen-bond donors (Lipinski definition) is 2. The standard InChI is InChI=1S/C15H22N2O2/c18-15(19)9-5-11-17-10-4-8-14(12-17)16-13-6-2-1-3-7-13/h1-3,6-7,14,16H,4-5,8-12H2,(H,18,19). The molecule has 1 aliphatic rings. The normalized spacial score (nSPS) is 20.1. The van der Waals surface area contributed by atoms with Crippen LogP contribution < -0.4 is 5.32 Å². The maximum Gasteiger partial charge on any atom is 0.303 e.